The van der Waals surface area contributed by atoms with Crippen molar-refractivity contribution in [2.45, 2.75) is 12.3 Å². The number of carbonyl (C=O) groups excluding carboxylic acids is 1. The summed E-state index contributed by atoms with van der Waals surface area (Å²) in [5.41, 5.74) is 5.52. The molecule has 2 atom stereocenters. The third kappa shape index (κ3) is 3.89. The van der Waals surface area contributed by atoms with Gasteiger partial charge in [0.25, 0.3) is 10.0 Å². The van der Waals surface area contributed by atoms with E-state index in [0.717, 1.165) is 0 Å². The highest BCUT2D eigenvalue weighted by Gasteiger charge is 2.43. The average molecular weight is 359 g/mol. The molecule has 0 saturated carbocycles. The molecule has 0 spiro atoms. The zero-order valence-electron chi connectivity index (χ0n) is 13.7. The number of esters is 1. The van der Waals surface area contributed by atoms with Gasteiger partial charge >= 0.3 is 5.97 Å². The van der Waals surface area contributed by atoms with Crippen molar-refractivity contribution in [1.29, 1.82) is 0 Å². The molecule has 1 saturated heterocycles. The molecule has 3 N–H and O–H groups in total. The Morgan fingerprint density at radius 2 is 2.08 bits per heavy atom. The van der Waals surface area contributed by atoms with Crippen molar-refractivity contribution in [3.8, 4) is 11.5 Å². The highest BCUT2D eigenvalue weighted by atomic mass is 32.2. The van der Waals surface area contributed by atoms with Gasteiger partial charge in [0.15, 0.2) is 5.37 Å². The molecule has 1 heterocycles. The van der Waals surface area contributed by atoms with E-state index < -0.39 is 27.3 Å². The van der Waals surface area contributed by atoms with E-state index >= 15 is 0 Å². The minimum Gasteiger partial charge on any atom is -0.497 e. The molecule has 2 unspecified atom stereocenters. The molecule has 1 aromatic carbocycles. The first kappa shape index (κ1) is 18.3. The number of anilines is 1. The van der Waals surface area contributed by atoms with Crippen molar-refractivity contribution in [2.24, 2.45) is 5.92 Å². The molecule has 24 heavy (non-hydrogen) atoms. The Morgan fingerprint density at radius 3 is 2.71 bits per heavy atom. The van der Waals surface area contributed by atoms with Crippen LogP contribution in [0.5, 0.6) is 11.5 Å². The summed E-state index contributed by atoms with van der Waals surface area (Å²) in [6, 6.07) is 4.68. The predicted octanol–water partition coefficient (Wildman–Crippen LogP) is 0.0587. The number of hydrogen-bond donors (Lipinski definition) is 3. The van der Waals surface area contributed by atoms with Gasteiger partial charge in [-0.3, -0.25) is 14.9 Å². The van der Waals surface area contributed by atoms with Gasteiger partial charge in [-0.05, 0) is 19.1 Å². The zero-order chi connectivity index (χ0) is 17.7. The van der Waals surface area contributed by atoms with Crippen LogP contribution in [0.1, 0.15) is 6.92 Å². The van der Waals surface area contributed by atoms with E-state index in [0.29, 0.717) is 11.5 Å². The molecule has 1 aromatic rings. The molecular formula is C14H21N3O6S. The molecule has 1 aliphatic rings. The molecule has 0 radical (unpaired) electrons. The van der Waals surface area contributed by atoms with Crippen LogP contribution in [0.15, 0.2) is 18.2 Å². The van der Waals surface area contributed by atoms with E-state index in [-0.39, 0.29) is 18.8 Å². The second-order valence-corrected chi connectivity index (χ2v) is 6.82. The van der Waals surface area contributed by atoms with E-state index in [1.165, 1.54) is 20.3 Å². The van der Waals surface area contributed by atoms with Crippen LogP contribution in [-0.4, -0.2) is 47.1 Å². The lowest BCUT2D eigenvalue weighted by molar-refractivity contribution is -0.147. The van der Waals surface area contributed by atoms with Crippen LogP contribution < -0.4 is 25.0 Å². The number of sulfonamides is 1. The minimum absolute atomic E-state index is 0.157. The fraction of sp³-hybridized carbons (Fsp3) is 0.500. The molecule has 0 aromatic heterocycles. The molecule has 0 bridgehead atoms. The molecule has 10 heteroatoms. The SMILES string of the molecule is CCOC(=O)C1CNNC1S(=O)(=O)Nc1ccc(OC)cc1OC. The van der Waals surface area contributed by atoms with Gasteiger partial charge in [-0.25, -0.2) is 13.8 Å². The van der Waals surface area contributed by atoms with Crippen molar-refractivity contribution in [3.05, 3.63) is 18.2 Å². The summed E-state index contributed by atoms with van der Waals surface area (Å²) in [5, 5.41) is -1.16. The maximum absolute atomic E-state index is 12.6. The lowest BCUT2D eigenvalue weighted by atomic mass is 10.2. The lowest BCUT2D eigenvalue weighted by Crippen LogP contribution is -2.44. The van der Waals surface area contributed by atoms with Gasteiger partial charge in [0.05, 0.1) is 26.5 Å². The van der Waals surface area contributed by atoms with Gasteiger partial charge in [-0.2, -0.15) is 0 Å². The molecule has 9 nitrogen and oxygen atoms in total. The topological polar surface area (TPSA) is 115 Å². The smallest absolute Gasteiger partial charge is 0.313 e. The first-order chi connectivity index (χ1) is 11.4. The highest BCUT2D eigenvalue weighted by Crippen LogP contribution is 2.31. The van der Waals surface area contributed by atoms with Gasteiger partial charge in [0.2, 0.25) is 0 Å². The van der Waals surface area contributed by atoms with Crippen molar-refractivity contribution in [3.63, 3.8) is 0 Å². The third-order valence-electron chi connectivity index (χ3n) is 3.52. The van der Waals surface area contributed by atoms with Crippen LogP contribution in [0.3, 0.4) is 0 Å². The van der Waals surface area contributed by atoms with Crippen LogP contribution in [-0.2, 0) is 19.6 Å². The Morgan fingerprint density at radius 1 is 1.33 bits per heavy atom. The summed E-state index contributed by atoms with van der Waals surface area (Å²) >= 11 is 0. The van der Waals surface area contributed by atoms with Crippen LogP contribution in [0.4, 0.5) is 5.69 Å². The number of nitrogens with one attached hydrogen (secondary N) is 3. The summed E-state index contributed by atoms with van der Waals surface area (Å²) in [5.74, 6) is -0.602. The number of carbonyl (C=O) groups is 1. The predicted molar refractivity (Wildman–Crippen MR) is 87.1 cm³/mol. The maximum Gasteiger partial charge on any atom is 0.313 e. The number of ether oxygens (including phenoxy) is 3. The first-order valence-corrected chi connectivity index (χ1v) is 8.86. The Bertz CT molecular complexity index is 694. The molecule has 2 rings (SSSR count). The van der Waals surface area contributed by atoms with E-state index in [1.807, 2.05) is 0 Å². The fourth-order valence-corrected chi connectivity index (χ4v) is 3.81. The minimum atomic E-state index is -3.92. The molecule has 0 aliphatic carbocycles. The highest BCUT2D eigenvalue weighted by molar-refractivity contribution is 7.93. The Hall–Kier alpha value is -2.04. The number of benzene rings is 1. The van der Waals surface area contributed by atoms with E-state index in [1.54, 1.807) is 19.1 Å². The van der Waals surface area contributed by atoms with Gasteiger partial charge < -0.3 is 14.2 Å². The lowest BCUT2D eigenvalue weighted by Gasteiger charge is -2.20. The van der Waals surface area contributed by atoms with Crippen molar-refractivity contribution >= 4 is 21.7 Å². The standard InChI is InChI=1S/C14H21N3O6S/c1-4-23-14(18)10-8-15-16-13(10)24(19,20)17-11-6-5-9(21-2)7-12(11)22-3/h5-7,10,13,15-17H,4,8H2,1-3H3. The number of rotatable bonds is 7. The fourth-order valence-electron chi connectivity index (χ4n) is 2.33. The second kappa shape index (κ2) is 7.69. The molecule has 134 valence electrons. The summed E-state index contributed by atoms with van der Waals surface area (Å²) in [7, 11) is -1.01. The van der Waals surface area contributed by atoms with Crippen molar-refractivity contribution in [1.82, 2.24) is 10.9 Å². The monoisotopic (exact) mass is 359 g/mol. The summed E-state index contributed by atoms with van der Waals surface area (Å²) in [6.07, 6.45) is 0. The zero-order valence-corrected chi connectivity index (χ0v) is 14.5. The summed E-state index contributed by atoms with van der Waals surface area (Å²) in [6.45, 7) is 2.00. The summed E-state index contributed by atoms with van der Waals surface area (Å²) < 4.78 is 42.9. The van der Waals surface area contributed by atoms with E-state index in [4.69, 9.17) is 14.2 Å². The summed E-state index contributed by atoms with van der Waals surface area (Å²) in [4.78, 5) is 11.9. The quantitative estimate of drug-likeness (QED) is 0.586. The number of hydrazine groups is 1. The van der Waals surface area contributed by atoms with Crippen LogP contribution in [0.25, 0.3) is 0 Å². The third-order valence-corrected chi connectivity index (χ3v) is 5.14. The van der Waals surface area contributed by atoms with Crippen molar-refractivity contribution < 1.29 is 27.4 Å². The molecule has 1 aliphatic heterocycles. The molecular weight excluding hydrogens is 338 g/mol. The van der Waals surface area contributed by atoms with Gasteiger partial charge in [-0.1, -0.05) is 0 Å². The Kier molecular flexibility index (Phi) is 5.86. The largest absolute Gasteiger partial charge is 0.497 e. The number of methoxy groups -OCH3 is 2. The van der Waals surface area contributed by atoms with Crippen LogP contribution in [0, 0.1) is 5.92 Å². The first-order valence-electron chi connectivity index (χ1n) is 7.31. The molecule has 0 amide bonds. The molecule has 1 fully saturated rings. The van der Waals surface area contributed by atoms with Gasteiger partial charge in [-0.15, -0.1) is 0 Å². The van der Waals surface area contributed by atoms with Crippen molar-refractivity contribution in [2.75, 3.05) is 32.1 Å². The van der Waals surface area contributed by atoms with Crippen LogP contribution >= 0.6 is 0 Å². The normalized spacial score (nSPS) is 20.5. The second-order valence-electron chi connectivity index (χ2n) is 5.02. The van der Waals surface area contributed by atoms with Gasteiger partial charge in [0.1, 0.15) is 17.4 Å². The van der Waals surface area contributed by atoms with E-state index in [2.05, 4.69) is 15.6 Å². The average Bonchev–Trinajstić information content (AvgIpc) is 3.06. The Balaban J connectivity index is 2.23. The maximum atomic E-state index is 12.6. The van der Waals surface area contributed by atoms with E-state index in [9.17, 15) is 13.2 Å². The number of hydrogen-bond acceptors (Lipinski definition) is 8. The Labute approximate surface area is 140 Å². The van der Waals surface area contributed by atoms with Crippen LogP contribution in [0.2, 0.25) is 0 Å². The van der Waals surface area contributed by atoms with Gasteiger partial charge in [0, 0.05) is 12.6 Å².